The fourth-order valence-electron chi connectivity index (χ4n) is 4.66. The molecule has 0 saturated heterocycles. The Hall–Kier alpha value is -2.86. The van der Waals surface area contributed by atoms with Gasteiger partial charge in [-0.1, -0.05) is 43.0 Å². The summed E-state index contributed by atoms with van der Waals surface area (Å²) in [4.78, 5) is 32.9. The lowest BCUT2D eigenvalue weighted by Crippen LogP contribution is -2.41. The zero-order valence-electron chi connectivity index (χ0n) is 16.6. The zero-order chi connectivity index (χ0) is 20.7. The third-order valence-electron chi connectivity index (χ3n) is 6.07. The maximum atomic E-state index is 13.5. The number of hydrogen-bond acceptors (Lipinski definition) is 3. The van der Waals surface area contributed by atoms with Crippen molar-refractivity contribution in [3.63, 3.8) is 0 Å². The molecular weight excluding hydrogens is 400 g/mol. The molecule has 1 N–H and O–H groups in total. The van der Waals surface area contributed by atoms with Gasteiger partial charge in [-0.05, 0) is 49.2 Å². The van der Waals surface area contributed by atoms with Gasteiger partial charge in [0, 0.05) is 16.8 Å². The van der Waals surface area contributed by atoms with Crippen molar-refractivity contribution in [2.24, 2.45) is 0 Å². The molecule has 154 valence electrons. The average molecular weight is 423 g/mol. The third kappa shape index (κ3) is 3.35. The van der Waals surface area contributed by atoms with E-state index in [0.29, 0.717) is 16.7 Å². The molecule has 0 unspecified atom stereocenters. The Labute approximate surface area is 179 Å². The number of rotatable bonds is 4. The van der Waals surface area contributed by atoms with Crippen molar-refractivity contribution in [3.05, 3.63) is 53.6 Å². The first-order valence-electron chi connectivity index (χ1n) is 10.5. The van der Waals surface area contributed by atoms with E-state index in [2.05, 4.69) is 5.32 Å². The van der Waals surface area contributed by atoms with Gasteiger partial charge in [0.15, 0.2) is 0 Å². The van der Waals surface area contributed by atoms with E-state index in [0.717, 1.165) is 36.7 Å². The molecule has 2 heterocycles. The van der Waals surface area contributed by atoms with Crippen LogP contribution in [0, 0.1) is 0 Å². The molecule has 1 saturated carbocycles. The molecule has 6 nitrogen and oxygen atoms in total. The normalized spacial score (nSPS) is 19.3. The molecule has 1 aromatic heterocycles. The first kappa shape index (κ1) is 19.1. The van der Waals surface area contributed by atoms with E-state index < -0.39 is 6.04 Å². The Morgan fingerprint density at radius 3 is 2.57 bits per heavy atom. The van der Waals surface area contributed by atoms with Crippen LogP contribution < -0.4 is 10.2 Å². The lowest BCUT2D eigenvalue weighted by atomic mass is 9.94. The highest BCUT2D eigenvalue weighted by molar-refractivity contribution is 6.30. The quantitative estimate of drug-likeness (QED) is 0.647. The summed E-state index contributed by atoms with van der Waals surface area (Å²) in [6, 6.07) is 14.3. The van der Waals surface area contributed by atoms with Gasteiger partial charge < -0.3 is 5.32 Å². The fraction of sp³-hybridized carbons (Fsp3) is 0.348. The molecule has 1 fully saturated rings. The number of para-hydroxylation sites is 2. The van der Waals surface area contributed by atoms with Gasteiger partial charge in [0.1, 0.15) is 6.04 Å². The standard InChI is InChI=1S/C23H23ClN4O2/c24-15-10-12-16(13-11-15)25-21(29)14-20-22(30)27(17-6-2-1-3-7-17)23-26-18-8-4-5-9-19(18)28(20)23/h4-5,8-13,17,20H,1-3,6-7,14H2,(H,25,29)/t20-/m1/s1. The first-order valence-corrected chi connectivity index (χ1v) is 10.8. The summed E-state index contributed by atoms with van der Waals surface area (Å²) in [7, 11) is 0. The predicted molar refractivity (Wildman–Crippen MR) is 118 cm³/mol. The van der Waals surface area contributed by atoms with Gasteiger partial charge in [0.05, 0.1) is 17.5 Å². The number of aromatic nitrogens is 2. The molecule has 0 radical (unpaired) electrons. The topological polar surface area (TPSA) is 67.2 Å². The first-order chi connectivity index (χ1) is 14.6. The zero-order valence-corrected chi connectivity index (χ0v) is 17.3. The SMILES string of the molecule is O=C(C[C@@H]1C(=O)N(C2CCCCC2)c2nc3ccccc3n21)Nc1ccc(Cl)cc1. The highest BCUT2D eigenvalue weighted by atomic mass is 35.5. The number of nitrogens with one attached hydrogen (secondary N) is 1. The number of nitrogens with zero attached hydrogens (tertiary/aromatic N) is 3. The Kier molecular flexibility index (Phi) is 4.95. The van der Waals surface area contributed by atoms with Gasteiger partial charge >= 0.3 is 0 Å². The number of carbonyl (C=O) groups excluding carboxylic acids is 2. The summed E-state index contributed by atoms with van der Waals surface area (Å²) in [6.07, 6.45) is 5.49. The molecule has 1 aliphatic heterocycles. The lowest BCUT2D eigenvalue weighted by molar-refractivity contribution is -0.125. The minimum atomic E-state index is -0.582. The van der Waals surface area contributed by atoms with Crippen LogP contribution in [0.5, 0.6) is 0 Å². The molecular formula is C23H23ClN4O2. The molecule has 2 aliphatic rings. The van der Waals surface area contributed by atoms with Gasteiger partial charge in [0.25, 0.3) is 5.91 Å². The van der Waals surface area contributed by atoms with Crippen LogP contribution in [0.25, 0.3) is 11.0 Å². The van der Waals surface area contributed by atoms with Gasteiger partial charge in [-0.3, -0.25) is 19.1 Å². The van der Waals surface area contributed by atoms with Crippen LogP contribution in [-0.4, -0.2) is 27.4 Å². The summed E-state index contributed by atoms with van der Waals surface area (Å²) in [5, 5.41) is 3.49. The molecule has 5 rings (SSSR count). The van der Waals surface area contributed by atoms with E-state index in [4.69, 9.17) is 16.6 Å². The van der Waals surface area contributed by atoms with Gasteiger partial charge in [-0.25, -0.2) is 4.98 Å². The van der Waals surface area contributed by atoms with E-state index in [1.807, 2.05) is 33.7 Å². The highest BCUT2D eigenvalue weighted by Crippen LogP contribution is 2.40. The van der Waals surface area contributed by atoms with Crippen LogP contribution in [0.2, 0.25) is 5.02 Å². The summed E-state index contributed by atoms with van der Waals surface area (Å²) >= 11 is 5.92. The second kappa shape index (κ2) is 7.76. The van der Waals surface area contributed by atoms with Crippen molar-refractivity contribution in [1.82, 2.24) is 9.55 Å². The van der Waals surface area contributed by atoms with Crippen molar-refractivity contribution >= 4 is 46.1 Å². The van der Waals surface area contributed by atoms with Crippen LogP contribution in [0.4, 0.5) is 11.6 Å². The van der Waals surface area contributed by atoms with Crippen molar-refractivity contribution in [2.45, 2.75) is 50.6 Å². The highest BCUT2D eigenvalue weighted by Gasteiger charge is 2.44. The van der Waals surface area contributed by atoms with Gasteiger partial charge in [0.2, 0.25) is 11.9 Å². The lowest BCUT2D eigenvalue weighted by Gasteiger charge is -2.30. The Balaban J connectivity index is 1.46. The number of anilines is 2. The van der Waals surface area contributed by atoms with Crippen LogP contribution in [0.15, 0.2) is 48.5 Å². The maximum absolute atomic E-state index is 13.5. The van der Waals surface area contributed by atoms with Crippen LogP contribution >= 0.6 is 11.6 Å². The van der Waals surface area contributed by atoms with Crippen molar-refractivity contribution in [1.29, 1.82) is 0 Å². The molecule has 7 heteroatoms. The Morgan fingerprint density at radius 2 is 1.80 bits per heavy atom. The molecule has 1 aliphatic carbocycles. The Morgan fingerprint density at radius 1 is 1.07 bits per heavy atom. The van der Waals surface area contributed by atoms with Crippen LogP contribution in [0.1, 0.15) is 44.6 Å². The summed E-state index contributed by atoms with van der Waals surface area (Å²) in [5.74, 6) is 0.448. The third-order valence-corrected chi connectivity index (χ3v) is 6.33. The van der Waals surface area contributed by atoms with Crippen molar-refractivity contribution in [3.8, 4) is 0 Å². The van der Waals surface area contributed by atoms with E-state index in [1.54, 1.807) is 24.3 Å². The summed E-state index contributed by atoms with van der Waals surface area (Å²) < 4.78 is 1.95. The average Bonchev–Trinajstić information content (AvgIpc) is 3.25. The van der Waals surface area contributed by atoms with Gasteiger partial charge in [-0.15, -0.1) is 0 Å². The van der Waals surface area contributed by atoms with Crippen LogP contribution in [-0.2, 0) is 9.59 Å². The minimum absolute atomic E-state index is 0.0265. The largest absolute Gasteiger partial charge is 0.326 e. The molecule has 0 bridgehead atoms. The number of halogens is 1. The van der Waals surface area contributed by atoms with E-state index >= 15 is 0 Å². The maximum Gasteiger partial charge on any atom is 0.253 e. The molecule has 1 atom stereocenters. The summed E-state index contributed by atoms with van der Waals surface area (Å²) in [5.41, 5.74) is 2.40. The van der Waals surface area contributed by atoms with E-state index in [-0.39, 0.29) is 24.3 Å². The number of carbonyl (C=O) groups is 2. The molecule has 2 aromatic carbocycles. The monoisotopic (exact) mass is 422 g/mol. The number of benzene rings is 2. The molecule has 0 spiro atoms. The minimum Gasteiger partial charge on any atom is -0.326 e. The molecule has 2 amide bonds. The van der Waals surface area contributed by atoms with Crippen LogP contribution in [0.3, 0.4) is 0 Å². The Bertz CT molecular complexity index is 1100. The summed E-state index contributed by atoms with van der Waals surface area (Å²) in [6.45, 7) is 0. The molecule has 3 aromatic rings. The second-order valence-corrected chi connectivity index (χ2v) is 8.48. The van der Waals surface area contributed by atoms with Crippen molar-refractivity contribution in [2.75, 3.05) is 10.2 Å². The molecule has 30 heavy (non-hydrogen) atoms. The smallest absolute Gasteiger partial charge is 0.253 e. The fourth-order valence-corrected chi connectivity index (χ4v) is 4.79. The van der Waals surface area contributed by atoms with Crippen molar-refractivity contribution < 1.29 is 9.59 Å². The number of hydrogen-bond donors (Lipinski definition) is 1. The second-order valence-electron chi connectivity index (χ2n) is 8.05. The number of fused-ring (bicyclic) bond motifs is 3. The van der Waals surface area contributed by atoms with Gasteiger partial charge in [-0.2, -0.15) is 0 Å². The number of amides is 2. The van der Waals surface area contributed by atoms with E-state index in [9.17, 15) is 9.59 Å². The van der Waals surface area contributed by atoms with E-state index in [1.165, 1.54) is 6.42 Å². The predicted octanol–water partition coefficient (Wildman–Crippen LogP) is 4.94. The number of imidazole rings is 1.